The highest BCUT2D eigenvalue weighted by atomic mass is 16.2. The van der Waals surface area contributed by atoms with Crippen molar-refractivity contribution in [2.75, 3.05) is 13.1 Å². The lowest BCUT2D eigenvalue weighted by atomic mass is 9.92. The molecule has 3 heterocycles. The second-order valence-electron chi connectivity index (χ2n) is 5.85. The second kappa shape index (κ2) is 6.27. The summed E-state index contributed by atoms with van der Waals surface area (Å²) in [5, 5.41) is 4.15. The van der Waals surface area contributed by atoms with Crippen LogP contribution in [0.4, 0.5) is 0 Å². The number of carbonyl (C=O) groups is 1. The standard InChI is InChI=1S/C16H21N5O/c1-12-6-9-20(13(10-12)11-17)16(22)14-4-2-5-15(19-14)21-8-3-7-18-21/h2-5,7-8,12-13H,6,9-11,17H2,1H3. The van der Waals surface area contributed by atoms with Gasteiger partial charge in [0.15, 0.2) is 5.82 Å². The molecule has 116 valence electrons. The van der Waals surface area contributed by atoms with Gasteiger partial charge in [-0.3, -0.25) is 4.79 Å². The Hall–Kier alpha value is -2.21. The van der Waals surface area contributed by atoms with E-state index in [2.05, 4.69) is 17.0 Å². The zero-order valence-electron chi connectivity index (χ0n) is 12.7. The largest absolute Gasteiger partial charge is 0.333 e. The summed E-state index contributed by atoms with van der Waals surface area (Å²) in [6.07, 6.45) is 5.47. The van der Waals surface area contributed by atoms with E-state index in [1.165, 1.54) is 0 Å². The zero-order valence-corrected chi connectivity index (χ0v) is 12.7. The molecule has 0 aliphatic carbocycles. The highest BCUT2D eigenvalue weighted by Gasteiger charge is 2.30. The Balaban J connectivity index is 1.84. The van der Waals surface area contributed by atoms with E-state index in [4.69, 9.17) is 5.73 Å². The summed E-state index contributed by atoms with van der Waals surface area (Å²) in [6, 6.07) is 7.35. The van der Waals surface area contributed by atoms with Gasteiger partial charge < -0.3 is 10.6 Å². The highest BCUT2D eigenvalue weighted by molar-refractivity contribution is 5.92. The first-order valence-corrected chi connectivity index (χ1v) is 7.67. The van der Waals surface area contributed by atoms with Crippen molar-refractivity contribution in [3.8, 4) is 5.82 Å². The molecular weight excluding hydrogens is 278 g/mol. The first-order valence-electron chi connectivity index (χ1n) is 7.67. The lowest BCUT2D eigenvalue weighted by Gasteiger charge is -2.37. The van der Waals surface area contributed by atoms with Crippen LogP contribution in [0, 0.1) is 5.92 Å². The van der Waals surface area contributed by atoms with E-state index in [0.717, 1.165) is 19.4 Å². The fraction of sp³-hybridized carbons (Fsp3) is 0.438. The fourth-order valence-electron chi connectivity index (χ4n) is 2.96. The Bertz CT molecular complexity index is 640. The number of carbonyl (C=O) groups excluding carboxylic acids is 1. The van der Waals surface area contributed by atoms with Crippen LogP contribution in [-0.4, -0.2) is 44.7 Å². The minimum absolute atomic E-state index is 0.0450. The number of likely N-dealkylation sites (tertiary alicyclic amines) is 1. The van der Waals surface area contributed by atoms with Crippen molar-refractivity contribution in [2.45, 2.75) is 25.8 Å². The van der Waals surface area contributed by atoms with Gasteiger partial charge in [0.1, 0.15) is 5.69 Å². The van der Waals surface area contributed by atoms with Gasteiger partial charge in [0.05, 0.1) is 0 Å². The number of piperidine rings is 1. The summed E-state index contributed by atoms with van der Waals surface area (Å²) in [5.41, 5.74) is 6.30. The van der Waals surface area contributed by atoms with Gasteiger partial charge in [-0.2, -0.15) is 5.10 Å². The third kappa shape index (κ3) is 2.87. The lowest BCUT2D eigenvalue weighted by Crippen LogP contribution is -2.49. The van der Waals surface area contributed by atoms with Gasteiger partial charge in [0, 0.05) is 31.5 Å². The Morgan fingerprint density at radius 1 is 1.41 bits per heavy atom. The predicted octanol–water partition coefficient (Wildman–Crippen LogP) is 1.47. The molecule has 22 heavy (non-hydrogen) atoms. The lowest BCUT2D eigenvalue weighted by molar-refractivity contribution is 0.0567. The maximum absolute atomic E-state index is 12.8. The minimum atomic E-state index is -0.0450. The average Bonchev–Trinajstić information content (AvgIpc) is 3.08. The molecule has 2 aromatic heterocycles. The molecule has 0 bridgehead atoms. The number of amides is 1. The fourth-order valence-corrected chi connectivity index (χ4v) is 2.96. The Labute approximate surface area is 129 Å². The number of hydrogen-bond acceptors (Lipinski definition) is 4. The Morgan fingerprint density at radius 2 is 2.27 bits per heavy atom. The van der Waals surface area contributed by atoms with E-state index in [9.17, 15) is 4.79 Å². The highest BCUT2D eigenvalue weighted by Crippen LogP contribution is 2.23. The Kier molecular flexibility index (Phi) is 4.20. The maximum Gasteiger partial charge on any atom is 0.272 e. The van der Waals surface area contributed by atoms with E-state index in [1.807, 2.05) is 29.3 Å². The van der Waals surface area contributed by atoms with E-state index >= 15 is 0 Å². The molecule has 2 aromatic rings. The van der Waals surface area contributed by atoms with Crippen molar-refractivity contribution < 1.29 is 4.79 Å². The zero-order chi connectivity index (χ0) is 15.5. The van der Waals surface area contributed by atoms with Crippen molar-refractivity contribution in [3.05, 3.63) is 42.4 Å². The van der Waals surface area contributed by atoms with Crippen LogP contribution >= 0.6 is 0 Å². The average molecular weight is 299 g/mol. The quantitative estimate of drug-likeness (QED) is 0.931. The molecule has 1 fully saturated rings. The molecule has 1 amide bonds. The summed E-state index contributed by atoms with van der Waals surface area (Å²) >= 11 is 0. The summed E-state index contributed by atoms with van der Waals surface area (Å²) in [7, 11) is 0. The topological polar surface area (TPSA) is 77.0 Å². The van der Waals surface area contributed by atoms with E-state index in [1.54, 1.807) is 16.9 Å². The molecular formula is C16H21N5O. The van der Waals surface area contributed by atoms with Gasteiger partial charge >= 0.3 is 0 Å². The smallest absolute Gasteiger partial charge is 0.272 e. The van der Waals surface area contributed by atoms with Gasteiger partial charge in [-0.1, -0.05) is 13.0 Å². The minimum Gasteiger partial charge on any atom is -0.333 e. The summed E-state index contributed by atoms with van der Waals surface area (Å²) in [6.45, 7) is 3.45. The van der Waals surface area contributed by atoms with E-state index < -0.39 is 0 Å². The number of nitrogens with zero attached hydrogens (tertiary/aromatic N) is 4. The number of aromatic nitrogens is 3. The molecule has 0 saturated carbocycles. The summed E-state index contributed by atoms with van der Waals surface area (Å²) in [5.74, 6) is 1.21. The third-order valence-corrected chi connectivity index (χ3v) is 4.20. The molecule has 1 aliphatic heterocycles. The normalized spacial score (nSPS) is 21.8. The van der Waals surface area contributed by atoms with Crippen LogP contribution in [-0.2, 0) is 0 Å². The number of rotatable bonds is 3. The molecule has 6 nitrogen and oxygen atoms in total. The van der Waals surface area contributed by atoms with Gasteiger partial charge in [0.2, 0.25) is 0 Å². The monoisotopic (exact) mass is 299 g/mol. The SMILES string of the molecule is CC1CCN(C(=O)c2cccc(-n3cccn3)n2)C(CN)C1. The first kappa shape index (κ1) is 14.7. The van der Waals surface area contributed by atoms with E-state index in [-0.39, 0.29) is 11.9 Å². The van der Waals surface area contributed by atoms with E-state index in [0.29, 0.717) is 24.0 Å². The Morgan fingerprint density at radius 3 is 3.00 bits per heavy atom. The molecule has 3 rings (SSSR count). The molecule has 1 saturated heterocycles. The summed E-state index contributed by atoms with van der Waals surface area (Å²) in [4.78, 5) is 19.1. The molecule has 6 heteroatoms. The molecule has 2 unspecified atom stereocenters. The summed E-state index contributed by atoms with van der Waals surface area (Å²) < 4.78 is 1.65. The van der Waals surface area contributed by atoms with Crippen molar-refractivity contribution in [1.29, 1.82) is 0 Å². The first-order chi connectivity index (χ1) is 10.7. The van der Waals surface area contributed by atoms with Crippen LogP contribution in [0.3, 0.4) is 0 Å². The van der Waals surface area contributed by atoms with Crippen molar-refractivity contribution in [2.24, 2.45) is 11.7 Å². The van der Waals surface area contributed by atoms with Crippen molar-refractivity contribution >= 4 is 5.91 Å². The number of nitrogens with two attached hydrogens (primary N) is 1. The van der Waals surface area contributed by atoms with Crippen LogP contribution < -0.4 is 5.73 Å². The van der Waals surface area contributed by atoms with Crippen LogP contribution in [0.15, 0.2) is 36.7 Å². The molecule has 2 N–H and O–H groups in total. The molecule has 0 spiro atoms. The molecule has 1 aliphatic rings. The van der Waals surface area contributed by atoms with Crippen molar-refractivity contribution in [1.82, 2.24) is 19.7 Å². The molecule has 0 aromatic carbocycles. The van der Waals surface area contributed by atoms with Crippen LogP contribution in [0.5, 0.6) is 0 Å². The van der Waals surface area contributed by atoms with Gasteiger partial charge in [-0.25, -0.2) is 9.67 Å². The van der Waals surface area contributed by atoms with Gasteiger partial charge in [-0.05, 0) is 37.0 Å². The number of pyridine rings is 1. The van der Waals surface area contributed by atoms with Crippen molar-refractivity contribution in [3.63, 3.8) is 0 Å². The van der Waals surface area contributed by atoms with Crippen LogP contribution in [0.1, 0.15) is 30.3 Å². The van der Waals surface area contributed by atoms with Crippen LogP contribution in [0.2, 0.25) is 0 Å². The molecule has 2 atom stereocenters. The van der Waals surface area contributed by atoms with Gasteiger partial charge in [-0.15, -0.1) is 0 Å². The maximum atomic E-state index is 12.8. The molecule has 0 radical (unpaired) electrons. The van der Waals surface area contributed by atoms with Gasteiger partial charge in [0.25, 0.3) is 5.91 Å². The predicted molar refractivity (Wildman–Crippen MR) is 83.6 cm³/mol. The third-order valence-electron chi connectivity index (χ3n) is 4.20. The second-order valence-corrected chi connectivity index (χ2v) is 5.85. The van der Waals surface area contributed by atoms with Crippen LogP contribution in [0.25, 0.3) is 5.82 Å². The number of hydrogen-bond donors (Lipinski definition) is 1.